The maximum Gasteiger partial charge on any atom is 0.331 e. The fourth-order valence-electron chi connectivity index (χ4n) is 2.97. The van der Waals surface area contributed by atoms with Crippen molar-refractivity contribution in [1.29, 1.82) is 0 Å². The maximum atomic E-state index is 12.8. The van der Waals surface area contributed by atoms with Crippen molar-refractivity contribution in [1.82, 2.24) is 4.57 Å². The third-order valence-electron chi connectivity index (χ3n) is 4.68. The zero-order chi connectivity index (χ0) is 23.3. The van der Waals surface area contributed by atoms with Crippen LogP contribution in [0.5, 0.6) is 0 Å². The number of methoxy groups -OCH3 is 1. The Balaban J connectivity index is 0.00000176. The molecular formula is C26H29NO5. The van der Waals surface area contributed by atoms with Crippen LogP contribution >= 0.6 is 0 Å². The minimum Gasteiger partial charge on any atom is -0.467 e. The van der Waals surface area contributed by atoms with Gasteiger partial charge < -0.3 is 19.1 Å². The first kappa shape index (κ1) is 24.8. The highest BCUT2D eigenvalue weighted by atomic mass is 16.6. The van der Waals surface area contributed by atoms with E-state index in [1.54, 1.807) is 0 Å². The summed E-state index contributed by atoms with van der Waals surface area (Å²) in [6.45, 7) is 2.90. The summed E-state index contributed by atoms with van der Waals surface area (Å²) in [6.07, 6.45) is 5.95. The fourth-order valence-corrected chi connectivity index (χ4v) is 2.97. The Morgan fingerprint density at radius 3 is 2.34 bits per heavy atom. The molecule has 0 aliphatic heterocycles. The Bertz CT molecular complexity index is 1020. The third kappa shape index (κ3) is 7.34. The number of hydrogen-bond donors (Lipinski definition) is 1. The molecule has 0 atom stereocenters. The molecule has 0 fully saturated rings. The molecule has 0 spiro atoms. The van der Waals surface area contributed by atoms with Gasteiger partial charge in [0.1, 0.15) is 6.61 Å². The minimum absolute atomic E-state index is 0.0182. The normalized spacial score (nSPS) is 10.5. The number of rotatable bonds is 9. The van der Waals surface area contributed by atoms with Crippen molar-refractivity contribution < 1.29 is 24.2 Å². The Hall–Kier alpha value is -3.48. The second-order valence-electron chi connectivity index (χ2n) is 6.95. The topological polar surface area (TPSA) is 77.8 Å². The number of carbonyl (C=O) groups excluding carboxylic acids is 2. The van der Waals surface area contributed by atoms with Crippen molar-refractivity contribution in [2.45, 2.75) is 20.1 Å². The number of esters is 1. The number of allylic oxidation sites excluding steroid dienone is 1. The van der Waals surface area contributed by atoms with Crippen molar-refractivity contribution in [3.8, 4) is 0 Å². The van der Waals surface area contributed by atoms with E-state index in [1.807, 2.05) is 90.5 Å². The Kier molecular flexibility index (Phi) is 10.1. The van der Waals surface area contributed by atoms with E-state index in [-0.39, 0.29) is 18.4 Å². The van der Waals surface area contributed by atoms with Crippen LogP contribution in [-0.2, 0) is 27.4 Å². The van der Waals surface area contributed by atoms with Crippen molar-refractivity contribution in [2.75, 3.05) is 20.8 Å². The number of aliphatic hydroxyl groups excluding tert-OH is 1. The summed E-state index contributed by atoms with van der Waals surface area (Å²) in [5, 5.41) is 7.00. The van der Waals surface area contributed by atoms with Gasteiger partial charge in [0.05, 0.1) is 19.4 Å². The summed E-state index contributed by atoms with van der Waals surface area (Å²) in [5.41, 5.74) is 4.51. The van der Waals surface area contributed by atoms with Crippen molar-refractivity contribution in [3.05, 3.63) is 101 Å². The maximum absolute atomic E-state index is 12.8. The molecule has 0 radical (unpaired) electrons. The van der Waals surface area contributed by atoms with Crippen LogP contribution in [0.2, 0.25) is 0 Å². The smallest absolute Gasteiger partial charge is 0.331 e. The Labute approximate surface area is 188 Å². The lowest BCUT2D eigenvalue weighted by molar-refractivity contribution is -0.146. The van der Waals surface area contributed by atoms with Gasteiger partial charge in [-0.25, -0.2) is 4.79 Å². The summed E-state index contributed by atoms with van der Waals surface area (Å²) in [5.74, 6) is -0.371. The predicted octanol–water partition coefficient (Wildman–Crippen LogP) is 4.04. The number of benzene rings is 2. The van der Waals surface area contributed by atoms with Gasteiger partial charge in [-0.15, -0.1) is 0 Å². The molecule has 6 nitrogen and oxygen atoms in total. The van der Waals surface area contributed by atoms with Gasteiger partial charge in [0.25, 0.3) is 0 Å². The predicted molar refractivity (Wildman–Crippen MR) is 124 cm³/mol. The Morgan fingerprint density at radius 1 is 1.00 bits per heavy atom. The quantitative estimate of drug-likeness (QED) is 0.405. The van der Waals surface area contributed by atoms with Gasteiger partial charge in [-0.3, -0.25) is 4.79 Å². The summed E-state index contributed by atoms with van der Waals surface area (Å²) in [6, 6.07) is 19.2. The lowest BCUT2D eigenvalue weighted by atomic mass is 10.1. The lowest BCUT2D eigenvalue weighted by Gasteiger charge is -2.07. The molecule has 1 heterocycles. The van der Waals surface area contributed by atoms with Crippen LogP contribution in [0, 0.1) is 6.92 Å². The van der Waals surface area contributed by atoms with Crippen LogP contribution in [0.4, 0.5) is 0 Å². The van der Waals surface area contributed by atoms with E-state index in [0.29, 0.717) is 24.4 Å². The van der Waals surface area contributed by atoms with E-state index in [9.17, 15) is 9.59 Å². The van der Waals surface area contributed by atoms with E-state index in [2.05, 4.69) is 4.74 Å². The number of ether oxygens (including phenoxy) is 2. The molecule has 0 saturated heterocycles. The van der Waals surface area contributed by atoms with Crippen LogP contribution in [0.15, 0.2) is 72.9 Å². The van der Waals surface area contributed by atoms with E-state index in [4.69, 9.17) is 9.84 Å². The average molecular weight is 436 g/mol. The first-order chi connectivity index (χ1) is 15.6. The molecule has 0 unspecified atom stereocenters. The molecule has 6 heteroatoms. The lowest BCUT2D eigenvalue weighted by Crippen LogP contribution is -2.09. The first-order valence-corrected chi connectivity index (χ1v) is 10.2. The summed E-state index contributed by atoms with van der Waals surface area (Å²) >= 11 is 0. The van der Waals surface area contributed by atoms with Crippen LogP contribution in [-0.4, -0.2) is 42.3 Å². The monoisotopic (exact) mass is 435 g/mol. The largest absolute Gasteiger partial charge is 0.467 e. The molecule has 2 aromatic carbocycles. The number of aryl methyl sites for hydroxylation is 1. The summed E-state index contributed by atoms with van der Waals surface area (Å²) in [7, 11) is 2.34. The van der Waals surface area contributed by atoms with E-state index in [0.717, 1.165) is 23.8 Å². The third-order valence-corrected chi connectivity index (χ3v) is 4.68. The standard InChI is InChI=1S/C25H25NO4.CH4O/c1-19-7-13-22(14-8-19)25(28)23-6-4-16-26(23)15-3-5-20-9-11-21(12-10-20)17-30-18-24(27)29-2;1-2/h3-14,16H,15,17-18H2,1-2H3;2H,1H3/b5-3+;. The van der Waals surface area contributed by atoms with E-state index >= 15 is 0 Å². The minimum atomic E-state index is -0.389. The number of aliphatic hydroxyl groups is 1. The molecule has 3 rings (SSSR count). The van der Waals surface area contributed by atoms with Gasteiger partial charge in [0.2, 0.25) is 5.78 Å². The van der Waals surface area contributed by atoms with Crippen LogP contribution in [0.3, 0.4) is 0 Å². The second kappa shape index (κ2) is 13.0. The zero-order valence-corrected chi connectivity index (χ0v) is 18.7. The SMILES string of the molecule is CO.COC(=O)COCc1ccc(/C=C/Cn2cccc2C(=O)c2ccc(C)cc2)cc1. The number of carbonyl (C=O) groups is 2. The molecule has 0 saturated carbocycles. The molecule has 0 aliphatic rings. The average Bonchev–Trinajstić information content (AvgIpc) is 3.30. The molecule has 32 heavy (non-hydrogen) atoms. The van der Waals surface area contributed by atoms with Crippen LogP contribution < -0.4 is 0 Å². The van der Waals surface area contributed by atoms with E-state index in [1.165, 1.54) is 7.11 Å². The van der Waals surface area contributed by atoms with Crippen molar-refractivity contribution >= 4 is 17.8 Å². The van der Waals surface area contributed by atoms with Gasteiger partial charge in [-0.05, 0) is 30.2 Å². The molecule has 0 aliphatic carbocycles. The molecule has 168 valence electrons. The number of nitrogens with zero attached hydrogens (tertiary/aromatic N) is 1. The second-order valence-corrected chi connectivity index (χ2v) is 6.95. The number of aromatic nitrogens is 1. The highest BCUT2D eigenvalue weighted by Gasteiger charge is 2.12. The van der Waals surface area contributed by atoms with Gasteiger partial charge in [-0.2, -0.15) is 0 Å². The molecule has 1 aromatic heterocycles. The fraction of sp³-hybridized carbons (Fsp3) is 0.231. The summed E-state index contributed by atoms with van der Waals surface area (Å²) < 4.78 is 11.8. The molecule has 3 aromatic rings. The molecule has 1 N–H and O–H groups in total. The van der Waals surface area contributed by atoms with Crippen molar-refractivity contribution in [2.24, 2.45) is 0 Å². The molecular weight excluding hydrogens is 406 g/mol. The van der Waals surface area contributed by atoms with Crippen LogP contribution in [0.25, 0.3) is 6.08 Å². The van der Waals surface area contributed by atoms with Gasteiger partial charge in [0, 0.05) is 25.4 Å². The number of hydrogen-bond acceptors (Lipinski definition) is 5. The first-order valence-electron chi connectivity index (χ1n) is 10.2. The molecule has 0 amide bonds. The van der Waals surface area contributed by atoms with Crippen LogP contribution in [0.1, 0.15) is 32.7 Å². The highest BCUT2D eigenvalue weighted by molar-refractivity contribution is 6.08. The summed E-state index contributed by atoms with van der Waals surface area (Å²) in [4.78, 5) is 23.8. The zero-order valence-electron chi connectivity index (χ0n) is 18.7. The van der Waals surface area contributed by atoms with Gasteiger partial charge in [0.15, 0.2) is 0 Å². The number of ketones is 1. The highest BCUT2D eigenvalue weighted by Crippen LogP contribution is 2.13. The van der Waals surface area contributed by atoms with Gasteiger partial charge >= 0.3 is 5.97 Å². The van der Waals surface area contributed by atoms with Crippen molar-refractivity contribution in [3.63, 3.8) is 0 Å². The van der Waals surface area contributed by atoms with Gasteiger partial charge in [-0.1, -0.05) is 66.2 Å². The molecule has 0 bridgehead atoms. The Morgan fingerprint density at radius 2 is 1.69 bits per heavy atom. The van der Waals surface area contributed by atoms with E-state index < -0.39 is 0 Å².